The van der Waals surface area contributed by atoms with Crippen LogP contribution in [0.4, 0.5) is 0 Å². The molecule has 7 heteroatoms. The molecular weight excluding hydrogens is 404 g/mol. The maximum atomic E-state index is 12.5. The summed E-state index contributed by atoms with van der Waals surface area (Å²) in [5.41, 5.74) is 2.80. The molecule has 32 heavy (non-hydrogen) atoms. The first-order valence-corrected chi connectivity index (χ1v) is 10.0. The molecule has 0 unspecified atom stereocenters. The Morgan fingerprint density at radius 2 is 1.97 bits per heavy atom. The number of hydrogen-bond donors (Lipinski definition) is 1. The van der Waals surface area contributed by atoms with E-state index in [9.17, 15) is 4.79 Å². The predicted octanol–water partition coefficient (Wildman–Crippen LogP) is 3.46. The average molecular weight is 426 g/mol. The van der Waals surface area contributed by atoms with Gasteiger partial charge in [-0.1, -0.05) is 30.0 Å². The highest BCUT2D eigenvalue weighted by atomic mass is 16.5. The Morgan fingerprint density at radius 1 is 1.09 bits per heavy atom. The van der Waals surface area contributed by atoms with E-state index in [4.69, 9.17) is 9.47 Å². The fraction of sp³-hybridized carbons (Fsp3) is 0.160. The van der Waals surface area contributed by atoms with Gasteiger partial charge in [0.25, 0.3) is 5.91 Å². The van der Waals surface area contributed by atoms with E-state index in [1.807, 2.05) is 54.6 Å². The van der Waals surface area contributed by atoms with Crippen molar-refractivity contribution in [2.45, 2.75) is 0 Å². The standard InChI is InChI=1S/C25H22N4O3/c1-29-23(17-22(28-29)20-9-3-4-10-24(20)31-2)25(30)27-13-5-6-15-32-19-12-11-18-8-7-14-26-21(18)16-19/h3-4,7-12,14,16-17H,13,15H2,1-2H3,(H,27,30). The monoisotopic (exact) mass is 426 g/mol. The minimum absolute atomic E-state index is 0.205. The van der Waals surface area contributed by atoms with Gasteiger partial charge in [-0.15, -0.1) is 0 Å². The van der Waals surface area contributed by atoms with Crippen LogP contribution >= 0.6 is 0 Å². The lowest BCUT2D eigenvalue weighted by Crippen LogP contribution is -2.25. The van der Waals surface area contributed by atoms with E-state index in [0.717, 1.165) is 16.5 Å². The molecular formula is C25H22N4O3. The number of aryl methyl sites for hydroxylation is 1. The normalized spacial score (nSPS) is 10.3. The Balaban J connectivity index is 1.32. The van der Waals surface area contributed by atoms with Crippen molar-refractivity contribution in [3.63, 3.8) is 0 Å². The first-order chi connectivity index (χ1) is 15.7. The van der Waals surface area contributed by atoms with Crippen LogP contribution in [-0.4, -0.2) is 40.9 Å². The molecule has 2 aromatic heterocycles. The number of benzene rings is 2. The number of ether oxygens (including phenoxy) is 2. The van der Waals surface area contributed by atoms with Crippen molar-refractivity contribution in [1.82, 2.24) is 20.1 Å². The maximum Gasteiger partial charge on any atom is 0.270 e. The molecule has 0 radical (unpaired) electrons. The van der Waals surface area contributed by atoms with E-state index in [0.29, 0.717) is 22.9 Å². The Hall–Kier alpha value is -4.31. The van der Waals surface area contributed by atoms with Crippen molar-refractivity contribution in [1.29, 1.82) is 0 Å². The van der Waals surface area contributed by atoms with Crippen LogP contribution < -0.4 is 14.8 Å². The van der Waals surface area contributed by atoms with E-state index in [2.05, 4.69) is 27.2 Å². The van der Waals surface area contributed by atoms with Crippen molar-refractivity contribution in [3.8, 4) is 34.6 Å². The highest BCUT2D eigenvalue weighted by molar-refractivity contribution is 5.94. The topological polar surface area (TPSA) is 78.3 Å². The Morgan fingerprint density at radius 3 is 2.84 bits per heavy atom. The molecule has 1 N–H and O–H groups in total. The van der Waals surface area contributed by atoms with Gasteiger partial charge in [-0.05, 0) is 36.4 Å². The summed E-state index contributed by atoms with van der Waals surface area (Å²) in [4.78, 5) is 16.8. The molecule has 4 aromatic rings. The molecule has 0 saturated carbocycles. The Kier molecular flexibility index (Phi) is 6.33. The number of pyridine rings is 1. The lowest BCUT2D eigenvalue weighted by atomic mass is 10.1. The van der Waals surface area contributed by atoms with Gasteiger partial charge in [0.15, 0.2) is 0 Å². The summed E-state index contributed by atoms with van der Waals surface area (Å²) in [6.07, 6.45) is 1.75. The van der Waals surface area contributed by atoms with Gasteiger partial charge in [0.05, 0.1) is 24.9 Å². The number of aromatic nitrogens is 3. The highest BCUT2D eigenvalue weighted by Gasteiger charge is 2.15. The number of nitrogens with one attached hydrogen (secondary N) is 1. The zero-order valence-electron chi connectivity index (χ0n) is 17.8. The average Bonchev–Trinajstić information content (AvgIpc) is 3.22. The third-order valence-corrected chi connectivity index (χ3v) is 4.85. The van der Waals surface area contributed by atoms with Crippen LogP contribution in [0.2, 0.25) is 0 Å². The fourth-order valence-corrected chi connectivity index (χ4v) is 3.25. The number of nitrogens with zero attached hydrogens (tertiary/aromatic N) is 3. The van der Waals surface area contributed by atoms with E-state index in [1.54, 1.807) is 31.1 Å². The quantitative estimate of drug-likeness (QED) is 0.478. The molecule has 4 rings (SSSR count). The van der Waals surface area contributed by atoms with E-state index < -0.39 is 0 Å². The maximum absolute atomic E-state index is 12.5. The van der Waals surface area contributed by atoms with Gasteiger partial charge in [0, 0.05) is 30.3 Å². The molecule has 2 aromatic carbocycles. The molecule has 2 heterocycles. The van der Waals surface area contributed by atoms with E-state index in [-0.39, 0.29) is 19.1 Å². The predicted molar refractivity (Wildman–Crippen MR) is 123 cm³/mol. The number of carbonyl (C=O) groups is 1. The zero-order chi connectivity index (χ0) is 22.3. The van der Waals surface area contributed by atoms with Gasteiger partial charge >= 0.3 is 0 Å². The molecule has 0 spiro atoms. The van der Waals surface area contributed by atoms with Crippen molar-refractivity contribution >= 4 is 16.8 Å². The largest absolute Gasteiger partial charge is 0.496 e. The van der Waals surface area contributed by atoms with Crippen molar-refractivity contribution in [2.24, 2.45) is 7.05 Å². The molecule has 1 amide bonds. The third-order valence-electron chi connectivity index (χ3n) is 4.85. The number of hydrogen-bond acceptors (Lipinski definition) is 5. The van der Waals surface area contributed by atoms with Crippen molar-refractivity contribution in [3.05, 3.63) is 72.6 Å². The molecule has 7 nitrogen and oxygen atoms in total. The number of fused-ring (bicyclic) bond motifs is 1. The lowest BCUT2D eigenvalue weighted by molar-refractivity contribution is 0.0949. The van der Waals surface area contributed by atoms with Gasteiger partial charge < -0.3 is 14.8 Å². The molecule has 160 valence electrons. The Bertz CT molecular complexity index is 1320. The summed E-state index contributed by atoms with van der Waals surface area (Å²) in [6, 6.07) is 18.9. The number of para-hydroxylation sites is 1. The summed E-state index contributed by atoms with van der Waals surface area (Å²) in [7, 11) is 3.33. The number of amides is 1. The second kappa shape index (κ2) is 9.67. The summed E-state index contributed by atoms with van der Waals surface area (Å²) in [5, 5.41) is 8.28. The van der Waals surface area contributed by atoms with Gasteiger partial charge in [0.1, 0.15) is 23.8 Å². The van der Waals surface area contributed by atoms with Crippen LogP contribution in [0.5, 0.6) is 11.5 Å². The van der Waals surface area contributed by atoms with Crippen molar-refractivity contribution in [2.75, 3.05) is 20.3 Å². The highest BCUT2D eigenvalue weighted by Crippen LogP contribution is 2.28. The van der Waals surface area contributed by atoms with Crippen LogP contribution in [0.1, 0.15) is 10.5 Å². The zero-order valence-corrected chi connectivity index (χ0v) is 17.8. The van der Waals surface area contributed by atoms with Crippen LogP contribution in [0, 0.1) is 11.8 Å². The van der Waals surface area contributed by atoms with Crippen LogP contribution in [0.15, 0.2) is 66.9 Å². The summed E-state index contributed by atoms with van der Waals surface area (Å²) < 4.78 is 12.6. The molecule has 0 fully saturated rings. The number of rotatable bonds is 6. The molecule has 0 aliphatic heterocycles. The fourth-order valence-electron chi connectivity index (χ4n) is 3.25. The summed E-state index contributed by atoms with van der Waals surface area (Å²) in [6.45, 7) is 0.425. The minimum atomic E-state index is -0.253. The van der Waals surface area contributed by atoms with Crippen LogP contribution in [-0.2, 0) is 7.05 Å². The summed E-state index contributed by atoms with van der Waals surface area (Å²) in [5.74, 6) is 6.95. The first-order valence-electron chi connectivity index (χ1n) is 10.0. The van der Waals surface area contributed by atoms with Gasteiger partial charge in [0.2, 0.25) is 0 Å². The van der Waals surface area contributed by atoms with Crippen LogP contribution in [0.25, 0.3) is 22.2 Å². The molecule has 0 aliphatic rings. The number of carbonyl (C=O) groups excluding carboxylic acids is 1. The second-order valence-corrected chi connectivity index (χ2v) is 6.92. The second-order valence-electron chi connectivity index (χ2n) is 6.92. The van der Waals surface area contributed by atoms with Gasteiger partial charge in [-0.3, -0.25) is 14.5 Å². The minimum Gasteiger partial charge on any atom is -0.496 e. The Labute approximate surface area is 186 Å². The molecule has 0 atom stereocenters. The number of methoxy groups -OCH3 is 1. The van der Waals surface area contributed by atoms with Gasteiger partial charge in [-0.25, -0.2) is 0 Å². The molecule has 0 saturated heterocycles. The van der Waals surface area contributed by atoms with E-state index >= 15 is 0 Å². The van der Waals surface area contributed by atoms with Crippen LogP contribution in [0.3, 0.4) is 0 Å². The van der Waals surface area contributed by atoms with Gasteiger partial charge in [-0.2, -0.15) is 5.10 Å². The molecule has 0 aliphatic carbocycles. The first kappa shape index (κ1) is 20.9. The van der Waals surface area contributed by atoms with Crippen molar-refractivity contribution < 1.29 is 14.3 Å². The SMILES string of the molecule is COc1ccccc1-c1cc(C(=O)NCC#CCOc2ccc3cccnc3c2)n(C)n1. The summed E-state index contributed by atoms with van der Waals surface area (Å²) >= 11 is 0. The smallest absolute Gasteiger partial charge is 0.270 e. The molecule has 0 bridgehead atoms. The van der Waals surface area contributed by atoms with E-state index in [1.165, 1.54) is 0 Å². The lowest BCUT2D eigenvalue weighted by Gasteiger charge is -2.04. The third kappa shape index (κ3) is 4.71.